The maximum absolute atomic E-state index is 11.6. The summed E-state index contributed by atoms with van der Waals surface area (Å²) in [6, 6.07) is 0. The first-order valence-electron chi connectivity index (χ1n) is 6.96. The highest BCUT2D eigenvalue weighted by Crippen LogP contribution is 2.18. The van der Waals surface area contributed by atoms with E-state index in [1.54, 1.807) is 13.1 Å². The van der Waals surface area contributed by atoms with Crippen molar-refractivity contribution in [3.63, 3.8) is 0 Å². The molecule has 0 aliphatic heterocycles. The Hall–Kier alpha value is -1.74. The summed E-state index contributed by atoms with van der Waals surface area (Å²) in [4.78, 5) is 30.5. The van der Waals surface area contributed by atoms with Crippen LogP contribution >= 0.6 is 24.0 Å². The van der Waals surface area contributed by atoms with Crippen LogP contribution < -0.4 is 11.1 Å². The van der Waals surface area contributed by atoms with Crippen molar-refractivity contribution in [2.24, 2.45) is 0 Å². The Balaban J connectivity index is 2.48. The van der Waals surface area contributed by atoms with Crippen LogP contribution in [-0.4, -0.2) is 37.9 Å². The van der Waals surface area contributed by atoms with E-state index in [-0.39, 0.29) is 23.6 Å². The van der Waals surface area contributed by atoms with Crippen molar-refractivity contribution in [1.82, 2.24) is 15.3 Å². The van der Waals surface area contributed by atoms with E-state index in [9.17, 15) is 9.59 Å². The lowest BCUT2D eigenvalue weighted by Crippen LogP contribution is -2.25. The second-order valence-electron chi connectivity index (χ2n) is 4.81. The van der Waals surface area contributed by atoms with Crippen molar-refractivity contribution >= 4 is 45.9 Å². The molecule has 0 spiro atoms. The molecule has 0 bridgehead atoms. The van der Waals surface area contributed by atoms with Crippen molar-refractivity contribution in [2.75, 3.05) is 12.3 Å². The number of hydrogen-bond donors (Lipinski definition) is 2. The fourth-order valence-corrected chi connectivity index (χ4v) is 2.86. The van der Waals surface area contributed by atoms with Gasteiger partial charge in [-0.15, -0.1) is 0 Å². The molecular weight excluding hydrogens is 336 g/mol. The summed E-state index contributed by atoms with van der Waals surface area (Å²) < 4.78 is 5.32. The molecule has 1 aromatic heterocycles. The quantitative estimate of drug-likeness (QED) is 0.553. The molecule has 126 valence electrons. The van der Waals surface area contributed by atoms with Gasteiger partial charge in [0.1, 0.15) is 21.7 Å². The first-order valence-corrected chi connectivity index (χ1v) is 8.24. The molecule has 23 heavy (non-hydrogen) atoms. The first-order chi connectivity index (χ1) is 10.8. The second-order valence-corrected chi connectivity index (χ2v) is 6.69. The lowest BCUT2D eigenvalue weighted by molar-refractivity contribution is -0.141. The van der Waals surface area contributed by atoms with Gasteiger partial charge in [0.25, 0.3) is 0 Å². The Morgan fingerprint density at radius 3 is 2.74 bits per heavy atom. The minimum Gasteiger partial charge on any atom is -0.466 e. The average Bonchev–Trinajstić information content (AvgIpc) is 2.44. The third-order valence-electron chi connectivity index (χ3n) is 2.83. The largest absolute Gasteiger partial charge is 0.466 e. The Labute approximate surface area is 144 Å². The standard InChI is InChI=1S/C14H20N4O3S2/c1-8(19)12(4-5-21-10(3)20)23-14(22)17-7-11-6-16-9(2)18-13(11)15/h6,12H,4-5,7H2,1-3H3,(H,17,22)(H2,15,16,18)/t12-/m1/s1. The topological polar surface area (TPSA) is 107 Å². The number of thioether (sulfide) groups is 1. The number of aromatic nitrogens is 2. The molecule has 7 nitrogen and oxygen atoms in total. The zero-order valence-corrected chi connectivity index (χ0v) is 14.9. The number of nitrogens with two attached hydrogens (primary N) is 1. The molecule has 0 aromatic carbocycles. The molecule has 0 amide bonds. The highest BCUT2D eigenvalue weighted by atomic mass is 32.2. The van der Waals surface area contributed by atoms with Crippen molar-refractivity contribution in [2.45, 2.75) is 39.0 Å². The maximum Gasteiger partial charge on any atom is 0.302 e. The number of ketones is 1. The van der Waals surface area contributed by atoms with E-state index < -0.39 is 0 Å². The Morgan fingerprint density at radius 1 is 1.48 bits per heavy atom. The third kappa shape index (κ3) is 7.38. The number of ether oxygens (including phenoxy) is 1. The molecule has 9 heteroatoms. The number of nitrogens with one attached hydrogen (secondary N) is 1. The van der Waals surface area contributed by atoms with Crippen molar-refractivity contribution < 1.29 is 14.3 Å². The number of esters is 1. The summed E-state index contributed by atoms with van der Waals surface area (Å²) in [6.07, 6.45) is 2.05. The number of nitrogen functional groups attached to an aromatic ring is 1. The van der Waals surface area contributed by atoms with Crippen molar-refractivity contribution in [3.8, 4) is 0 Å². The van der Waals surface area contributed by atoms with E-state index in [0.29, 0.717) is 28.9 Å². The SMILES string of the molecule is CC(=O)OCC[C@@H](SC(=S)NCc1cnc(C)nc1N)C(C)=O. The molecule has 0 unspecified atom stereocenters. The highest BCUT2D eigenvalue weighted by molar-refractivity contribution is 8.23. The van der Waals surface area contributed by atoms with Gasteiger partial charge in [-0.05, 0) is 13.8 Å². The average molecular weight is 356 g/mol. The third-order valence-corrected chi connectivity index (χ3v) is 4.47. The molecule has 0 saturated heterocycles. The van der Waals surface area contributed by atoms with Crippen LogP contribution in [0.1, 0.15) is 31.7 Å². The second kappa shape index (κ2) is 9.41. The Morgan fingerprint density at radius 2 is 2.17 bits per heavy atom. The fourth-order valence-electron chi connectivity index (χ4n) is 1.64. The van der Waals surface area contributed by atoms with Gasteiger partial charge in [-0.1, -0.05) is 24.0 Å². The molecule has 0 aliphatic rings. The number of carbonyl (C=O) groups excluding carboxylic acids is 2. The molecule has 3 N–H and O–H groups in total. The summed E-state index contributed by atoms with van der Waals surface area (Å²) in [5, 5.41) is 2.66. The van der Waals surface area contributed by atoms with E-state index in [4.69, 9.17) is 22.7 Å². The lowest BCUT2D eigenvalue weighted by Gasteiger charge is -2.15. The number of rotatable bonds is 7. The van der Waals surface area contributed by atoms with Crippen LogP contribution in [0.4, 0.5) is 5.82 Å². The number of thiocarbonyl (C=S) groups is 1. The van der Waals surface area contributed by atoms with Crippen LogP contribution in [0.3, 0.4) is 0 Å². The van der Waals surface area contributed by atoms with Crippen LogP contribution in [0.15, 0.2) is 6.20 Å². The first kappa shape index (κ1) is 19.3. The van der Waals surface area contributed by atoms with Crippen LogP contribution in [0.5, 0.6) is 0 Å². The number of nitrogens with zero attached hydrogens (tertiary/aromatic N) is 2. The van der Waals surface area contributed by atoms with Crippen molar-refractivity contribution in [3.05, 3.63) is 17.6 Å². The fraction of sp³-hybridized carbons (Fsp3) is 0.500. The van der Waals surface area contributed by atoms with Crippen molar-refractivity contribution in [1.29, 1.82) is 0 Å². The summed E-state index contributed by atoms with van der Waals surface area (Å²) in [5.41, 5.74) is 6.54. The number of anilines is 1. The number of aryl methyl sites for hydroxylation is 1. The van der Waals surface area contributed by atoms with E-state index in [2.05, 4.69) is 15.3 Å². The molecule has 0 radical (unpaired) electrons. The molecule has 0 fully saturated rings. The molecular formula is C14H20N4O3S2. The number of hydrogen-bond acceptors (Lipinski definition) is 8. The number of carbonyl (C=O) groups is 2. The summed E-state index contributed by atoms with van der Waals surface area (Å²) in [7, 11) is 0. The van der Waals surface area contributed by atoms with Gasteiger partial charge >= 0.3 is 5.97 Å². The summed E-state index contributed by atoms with van der Waals surface area (Å²) >= 11 is 6.46. The Bertz CT molecular complexity index is 595. The minimum absolute atomic E-state index is 0.0236. The van der Waals surface area contributed by atoms with Gasteiger partial charge in [-0.2, -0.15) is 0 Å². The molecule has 1 atom stereocenters. The van der Waals surface area contributed by atoms with Gasteiger partial charge in [-0.25, -0.2) is 9.97 Å². The molecule has 1 rings (SSSR count). The Kier molecular flexibility index (Phi) is 7.90. The lowest BCUT2D eigenvalue weighted by atomic mass is 10.2. The summed E-state index contributed by atoms with van der Waals surface area (Å²) in [5.74, 6) is 0.610. The normalized spacial score (nSPS) is 11.6. The zero-order chi connectivity index (χ0) is 17.4. The van der Waals surface area contributed by atoms with Gasteiger partial charge in [0.2, 0.25) is 0 Å². The molecule has 0 saturated carbocycles. The van der Waals surface area contributed by atoms with Gasteiger partial charge in [-0.3, -0.25) is 9.59 Å². The van der Waals surface area contributed by atoms with E-state index in [1.807, 2.05) is 0 Å². The highest BCUT2D eigenvalue weighted by Gasteiger charge is 2.18. The van der Waals surface area contributed by atoms with E-state index in [1.165, 1.54) is 25.6 Å². The zero-order valence-electron chi connectivity index (χ0n) is 13.3. The van der Waals surface area contributed by atoms with E-state index >= 15 is 0 Å². The molecule has 1 aromatic rings. The smallest absolute Gasteiger partial charge is 0.302 e. The van der Waals surface area contributed by atoms with Crippen LogP contribution in [0.25, 0.3) is 0 Å². The minimum atomic E-state index is -0.368. The van der Waals surface area contributed by atoms with Gasteiger partial charge in [0.05, 0.1) is 11.9 Å². The van der Waals surface area contributed by atoms with E-state index in [0.717, 1.165) is 5.56 Å². The van der Waals surface area contributed by atoms with Gasteiger partial charge in [0.15, 0.2) is 0 Å². The molecule has 0 aliphatic carbocycles. The maximum atomic E-state index is 11.6. The predicted octanol–water partition coefficient (Wildman–Crippen LogP) is 1.39. The molecule has 1 heterocycles. The van der Waals surface area contributed by atoms with Crippen LogP contribution in [-0.2, 0) is 20.9 Å². The van der Waals surface area contributed by atoms with Gasteiger partial charge < -0.3 is 15.8 Å². The monoisotopic (exact) mass is 356 g/mol. The van der Waals surface area contributed by atoms with Crippen LogP contribution in [0, 0.1) is 6.92 Å². The van der Waals surface area contributed by atoms with Gasteiger partial charge in [0, 0.05) is 31.6 Å². The predicted molar refractivity (Wildman–Crippen MR) is 93.9 cm³/mol. The summed E-state index contributed by atoms with van der Waals surface area (Å²) in [6.45, 7) is 5.14. The number of Topliss-reactive ketones (excluding diaryl/α,β-unsaturated/α-hetero) is 1. The van der Waals surface area contributed by atoms with Crippen LogP contribution in [0.2, 0.25) is 0 Å².